The molecule has 0 saturated carbocycles. The number of benzene rings is 1. The molecule has 4 heterocycles. The molecule has 0 bridgehead atoms. The maximum absolute atomic E-state index is 12.8. The second-order valence-electron chi connectivity index (χ2n) is 7.32. The lowest BCUT2D eigenvalue weighted by Gasteiger charge is -2.32. The van der Waals surface area contributed by atoms with Crippen LogP contribution in [0.2, 0.25) is 0 Å². The Balaban J connectivity index is 1.24. The molecule has 3 aromatic rings. The first-order chi connectivity index (χ1) is 13.3. The van der Waals surface area contributed by atoms with Crippen LogP contribution in [-0.2, 0) is 24.4 Å². The average Bonchev–Trinajstić information content (AvgIpc) is 3.33. The van der Waals surface area contributed by atoms with Gasteiger partial charge in [-0.2, -0.15) is 5.10 Å². The molecular weight excluding hydrogens is 342 g/mol. The number of aromatic nitrogens is 5. The van der Waals surface area contributed by atoms with Crippen molar-refractivity contribution in [2.45, 2.75) is 38.4 Å². The predicted molar refractivity (Wildman–Crippen MR) is 100 cm³/mol. The number of para-hydroxylation sites is 1. The smallest absolute Gasteiger partial charge is 0.244 e. The summed E-state index contributed by atoms with van der Waals surface area (Å²) in [6.45, 7) is 4.52. The molecular formula is C19H23N7O. The highest BCUT2D eigenvalue weighted by atomic mass is 16.2. The molecule has 140 valence electrons. The summed E-state index contributed by atoms with van der Waals surface area (Å²) in [6.07, 6.45) is 3.70. The molecule has 1 fully saturated rings. The molecule has 1 amide bonds. The Kier molecular flexibility index (Phi) is 4.12. The van der Waals surface area contributed by atoms with Crippen molar-refractivity contribution in [1.29, 1.82) is 0 Å². The van der Waals surface area contributed by atoms with Gasteiger partial charge in [0.1, 0.15) is 18.2 Å². The summed E-state index contributed by atoms with van der Waals surface area (Å²) in [6, 6.07) is 7.99. The molecule has 5 rings (SSSR count). The number of nitrogens with one attached hydrogen (secondary N) is 1. The van der Waals surface area contributed by atoms with Gasteiger partial charge in [0.25, 0.3) is 0 Å². The summed E-state index contributed by atoms with van der Waals surface area (Å²) in [5.74, 6) is 2.64. The van der Waals surface area contributed by atoms with Crippen LogP contribution in [0.1, 0.15) is 30.4 Å². The Labute approximate surface area is 157 Å². The van der Waals surface area contributed by atoms with E-state index in [-0.39, 0.29) is 5.91 Å². The average molecular weight is 365 g/mol. The third kappa shape index (κ3) is 2.99. The fourth-order valence-electron chi connectivity index (χ4n) is 4.18. The molecule has 0 unspecified atom stereocenters. The van der Waals surface area contributed by atoms with E-state index in [1.54, 1.807) is 4.68 Å². The van der Waals surface area contributed by atoms with E-state index < -0.39 is 0 Å². The number of piperidine rings is 1. The van der Waals surface area contributed by atoms with Crippen LogP contribution in [0.3, 0.4) is 0 Å². The van der Waals surface area contributed by atoms with Crippen LogP contribution in [0.5, 0.6) is 0 Å². The summed E-state index contributed by atoms with van der Waals surface area (Å²) >= 11 is 0. The minimum atomic E-state index is 0.134. The van der Waals surface area contributed by atoms with Gasteiger partial charge in [-0.15, -0.1) is 10.2 Å². The maximum Gasteiger partial charge on any atom is 0.244 e. The number of rotatable bonds is 3. The Morgan fingerprint density at radius 3 is 2.89 bits per heavy atom. The van der Waals surface area contributed by atoms with Gasteiger partial charge in [0.05, 0.1) is 18.3 Å². The Morgan fingerprint density at radius 1 is 1.15 bits per heavy atom. The van der Waals surface area contributed by atoms with Crippen molar-refractivity contribution in [3.63, 3.8) is 0 Å². The van der Waals surface area contributed by atoms with Crippen LogP contribution in [0.25, 0.3) is 10.9 Å². The van der Waals surface area contributed by atoms with Crippen molar-refractivity contribution in [2.75, 3.05) is 19.6 Å². The van der Waals surface area contributed by atoms with E-state index in [2.05, 4.69) is 25.2 Å². The van der Waals surface area contributed by atoms with E-state index in [0.29, 0.717) is 12.5 Å². The van der Waals surface area contributed by atoms with E-state index in [9.17, 15) is 4.79 Å². The molecule has 0 aliphatic carbocycles. The molecule has 8 heteroatoms. The van der Waals surface area contributed by atoms with E-state index in [4.69, 9.17) is 0 Å². The van der Waals surface area contributed by atoms with Crippen LogP contribution >= 0.6 is 0 Å². The zero-order valence-electron chi connectivity index (χ0n) is 15.2. The Bertz CT molecular complexity index is 968. The first-order valence-electron chi connectivity index (χ1n) is 9.60. The number of carbonyl (C=O) groups is 1. The standard InChI is InChI=1S/C19H23N7O/c27-18(13-26-16-4-2-1-3-15(16)11-21-26)24-8-5-14(6-9-24)19-23-22-17-12-20-7-10-25(17)19/h1-4,11,14,20H,5-10,12-13H2. The normalized spacial score (nSPS) is 18.0. The molecule has 0 spiro atoms. The molecule has 1 N–H and O–H groups in total. The van der Waals surface area contributed by atoms with Gasteiger partial charge in [0.15, 0.2) is 0 Å². The number of fused-ring (bicyclic) bond motifs is 2. The molecule has 2 aliphatic rings. The van der Waals surface area contributed by atoms with Crippen molar-refractivity contribution in [3.8, 4) is 0 Å². The first kappa shape index (κ1) is 16.4. The highest BCUT2D eigenvalue weighted by Crippen LogP contribution is 2.28. The van der Waals surface area contributed by atoms with Crippen molar-refractivity contribution in [2.24, 2.45) is 0 Å². The van der Waals surface area contributed by atoms with Crippen LogP contribution < -0.4 is 5.32 Å². The van der Waals surface area contributed by atoms with Crippen molar-refractivity contribution < 1.29 is 4.79 Å². The predicted octanol–water partition coefficient (Wildman–Crippen LogP) is 1.14. The molecule has 1 aromatic carbocycles. The zero-order valence-corrected chi connectivity index (χ0v) is 15.2. The van der Waals surface area contributed by atoms with Gasteiger partial charge in [0, 0.05) is 37.5 Å². The fourth-order valence-corrected chi connectivity index (χ4v) is 4.18. The van der Waals surface area contributed by atoms with Crippen molar-refractivity contribution >= 4 is 16.8 Å². The lowest BCUT2D eigenvalue weighted by Crippen LogP contribution is -2.40. The molecule has 2 aliphatic heterocycles. The molecule has 8 nitrogen and oxygen atoms in total. The minimum absolute atomic E-state index is 0.134. The van der Waals surface area contributed by atoms with Crippen molar-refractivity contribution in [1.82, 2.24) is 34.8 Å². The summed E-state index contributed by atoms with van der Waals surface area (Å²) in [5, 5.41) is 17.5. The van der Waals surface area contributed by atoms with Gasteiger partial charge >= 0.3 is 0 Å². The SMILES string of the molecule is O=C(Cn1ncc2ccccc21)N1CCC(c2nnc3n2CCNC3)CC1. The molecule has 1 saturated heterocycles. The topological polar surface area (TPSA) is 80.9 Å². The monoisotopic (exact) mass is 365 g/mol. The van der Waals surface area contributed by atoms with Crippen LogP contribution in [-0.4, -0.2) is 55.0 Å². The first-order valence-corrected chi connectivity index (χ1v) is 9.60. The molecule has 0 radical (unpaired) electrons. The second-order valence-corrected chi connectivity index (χ2v) is 7.32. The van der Waals surface area contributed by atoms with Gasteiger partial charge < -0.3 is 14.8 Å². The number of nitrogens with zero attached hydrogens (tertiary/aromatic N) is 6. The largest absolute Gasteiger partial charge is 0.341 e. The third-order valence-electron chi connectivity index (χ3n) is 5.70. The fraction of sp³-hybridized carbons (Fsp3) is 0.474. The van der Waals surface area contributed by atoms with Gasteiger partial charge in [-0.25, -0.2) is 0 Å². The maximum atomic E-state index is 12.8. The quantitative estimate of drug-likeness (QED) is 0.753. The summed E-state index contributed by atoms with van der Waals surface area (Å²) in [7, 11) is 0. The number of likely N-dealkylation sites (tertiary alicyclic amines) is 1. The number of hydrogen-bond acceptors (Lipinski definition) is 5. The van der Waals surface area contributed by atoms with Gasteiger partial charge in [-0.05, 0) is 18.9 Å². The van der Waals surface area contributed by atoms with E-state index in [1.807, 2.05) is 35.4 Å². The Hall–Kier alpha value is -2.74. The Morgan fingerprint density at radius 2 is 2.00 bits per heavy atom. The van der Waals surface area contributed by atoms with Gasteiger partial charge in [-0.3, -0.25) is 9.48 Å². The highest BCUT2D eigenvalue weighted by molar-refractivity contribution is 5.82. The summed E-state index contributed by atoms with van der Waals surface area (Å²) in [5.41, 5.74) is 1.00. The molecule has 0 atom stereocenters. The summed E-state index contributed by atoms with van der Waals surface area (Å²) in [4.78, 5) is 14.7. The van der Waals surface area contributed by atoms with Crippen LogP contribution in [0.4, 0.5) is 0 Å². The number of carbonyl (C=O) groups excluding carboxylic acids is 1. The van der Waals surface area contributed by atoms with E-state index >= 15 is 0 Å². The minimum Gasteiger partial charge on any atom is -0.341 e. The third-order valence-corrected chi connectivity index (χ3v) is 5.70. The second kappa shape index (κ2) is 6.77. The molecule has 27 heavy (non-hydrogen) atoms. The van der Waals surface area contributed by atoms with Gasteiger partial charge in [0.2, 0.25) is 5.91 Å². The van der Waals surface area contributed by atoms with Crippen LogP contribution in [0.15, 0.2) is 30.5 Å². The summed E-state index contributed by atoms with van der Waals surface area (Å²) < 4.78 is 4.06. The van der Waals surface area contributed by atoms with Crippen molar-refractivity contribution in [3.05, 3.63) is 42.1 Å². The van der Waals surface area contributed by atoms with Gasteiger partial charge in [-0.1, -0.05) is 18.2 Å². The zero-order chi connectivity index (χ0) is 18.2. The number of hydrogen-bond donors (Lipinski definition) is 1. The lowest BCUT2D eigenvalue weighted by atomic mass is 9.95. The number of amides is 1. The van der Waals surface area contributed by atoms with E-state index in [0.717, 1.165) is 68.1 Å². The lowest BCUT2D eigenvalue weighted by molar-refractivity contribution is -0.133. The molecule has 2 aromatic heterocycles. The van der Waals surface area contributed by atoms with E-state index in [1.165, 1.54) is 0 Å². The van der Waals surface area contributed by atoms with Crippen LogP contribution in [0, 0.1) is 0 Å². The highest BCUT2D eigenvalue weighted by Gasteiger charge is 2.29.